The van der Waals surface area contributed by atoms with Gasteiger partial charge in [-0.15, -0.1) is 0 Å². The molecule has 0 bridgehead atoms. The van der Waals surface area contributed by atoms with Crippen molar-refractivity contribution in [1.82, 2.24) is 0 Å². The lowest BCUT2D eigenvalue weighted by atomic mass is 10.1. The Labute approximate surface area is 84.1 Å². The second-order valence-corrected chi connectivity index (χ2v) is 3.24. The molecule has 14 heavy (non-hydrogen) atoms. The molecule has 0 saturated heterocycles. The predicted molar refractivity (Wildman–Crippen MR) is 59.6 cm³/mol. The first kappa shape index (κ1) is 8.88. The highest BCUT2D eigenvalue weighted by molar-refractivity contribution is 5.72. The zero-order valence-corrected chi connectivity index (χ0v) is 8.40. The lowest BCUT2D eigenvalue weighted by Crippen LogP contribution is -2.08. The fourth-order valence-corrected chi connectivity index (χ4v) is 1.53. The average molecular weight is 187 g/mol. The van der Waals surface area contributed by atoms with E-state index in [9.17, 15) is 0 Å². The van der Waals surface area contributed by atoms with Crippen molar-refractivity contribution < 1.29 is 4.74 Å². The molecule has 1 aromatic carbocycles. The zero-order chi connectivity index (χ0) is 9.97. The van der Waals surface area contributed by atoms with E-state index in [0.717, 1.165) is 5.75 Å². The van der Waals surface area contributed by atoms with Gasteiger partial charge >= 0.3 is 0 Å². The molecule has 0 amide bonds. The van der Waals surface area contributed by atoms with Crippen molar-refractivity contribution in [2.75, 3.05) is 19.1 Å². The Balaban J connectivity index is 2.50. The van der Waals surface area contributed by atoms with Crippen LogP contribution in [0.1, 0.15) is 5.56 Å². The topological polar surface area (TPSA) is 12.5 Å². The third-order valence-corrected chi connectivity index (χ3v) is 2.31. The maximum Gasteiger partial charge on any atom is 0.119 e. The van der Waals surface area contributed by atoms with Gasteiger partial charge in [0.05, 0.1) is 7.11 Å². The summed E-state index contributed by atoms with van der Waals surface area (Å²) in [6, 6.07) is 6.08. The van der Waals surface area contributed by atoms with Crippen LogP contribution >= 0.6 is 0 Å². The number of nitrogens with zero attached hydrogens (tertiary/aromatic N) is 1. The molecular formula is C12H13NO. The molecule has 1 aliphatic heterocycles. The van der Waals surface area contributed by atoms with E-state index in [0.29, 0.717) is 0 Å². The second-order valence-electron chi connectivity index (χ2n) is 3.24. The summed E-state index contributed by atoms with van der Waals surface area (Å²) < 4.78 is 5.18. The van der Waals surface area contributed by atoms with E-state index < -0.39 is 0 Å². The van der Waals surface area contributed by atoms with Crippen molar-refractivity contribution in [3.8, 4) is 5.75 Å². The van der Waals surface area contributed by atoms with Gasteiger partial charge in [-0.25, -0.2) is 0 Å². The third kappa shape index (κ3) is 1.51. The minimum atomic E-state index is 0.892. The lowest BCUT2D eigenvalue weighted by Gasteiger charge is -2.16. The summed E-state index contributed by atoms with van der Waals surface area (Å²) >= 11 is 0. The van der Waals surface area contributed by atoms with Gasteiger partial charge in [0, 0.05) is 24.5 Å². The van der Waals surface area contributed by atoms with Gasteiger partial charge in [-0.05, 0) is 24.3 Å². The Bertz CT molecular complexity index is 393. The Morgan fingerprint density at radius 1 is 1.21 bits per heavy atom. The van der Waals surface area contributed by atoms with Crippen molar-refractivity contribution >= 4 is 11.8 Å². The molecule has 0 aliphatic carbocycles. The van der Waals surface area contributed by atoms with E-state index >= 15 is 0 Å². The third-order valence-electron chi connectivity index (χ3n) is 2.31. The highest BCUT2D eigenvalue weighted by atomic mass is 16.5. The summed E-state index contributed by atoms with van der Waals surface area (Å²) in [6.07, 6.45) is 8.17. The van der Waals surface area contributed by atoms with Crippen LogP contribution in [-0.4, -0.2) is 14.2 Å². The molecule has 2 rings (SSSR count). The Morgan fingerprint density at radius 2 is 2.07 bits per heavy atom. The van der Waals surface area contributed by atoms with Crippen molar-refractivity contribution in [1.29, 1.82) is 0 Å². The van der Waals surface area contributed by atoms with Crippen molar-refractivity contribution in [2.45, 2.75) is 0 Å². The SMILES string of the molecule is COc1ccc2c(c1)C=CC=CN2C. The number of fused-ring (bicyclic) bond motifs is 1. The minimum Gasteiger partial charge on any atom is -0.497 e. The summed E-state index contributed by atoms with van der Waals surface area (Å²) in [5.41, 5.74) is 2.37. The Hall–Kier alpha value is -1.70. The molecular weight excluding hydrogens is 174 g/mol. The number of methoxy groups -OCH3 is 1. The monoisotopic (exact) mass is 187 g/mol. The lowest BCUT2D eigenvalue weighted by molar-refractivity contribution is 0.415. The van der Waals surface area contributed by atoms with Crippen LogP contribution in [0.15, 0.2) is 36.6 Å². The van der Waals surface area contributed by atoms with Gasteiger partial charge in [-0.2, -0.15) is 0 Å². The average Bonchev–Trinajstić information content (AvgIpc) is 2.40. The quantitative estimate of drug-likeness (QED) is 0.670. The number of allylic oxidation sites excluding steroid dienone is 2. The number of hydrogen-bond donors (Lipinski definition) is 0. The number of anilines is 1. The van der Waals surface area contributed by atoms with Crippen molar-refractivity contribution in [3.63, 3.8) is 0 Å². The molecule has 72 valence electrons. The van der Waals surface area contributed by atoms with Gasteiger partial charge in [0.25, 0.3) is 0 Å². The highest BCUT2D eigenvalue weighted by Gasteiger charge is 2.05. The van der Waals surface area contributed by atoms with E-state index in [4.69, 9.17) is 4.74 Å². The summed E-state index contributed by atoms with van der Waals surface area (Å²) in [4.78, 5) is 2.09. The van der Waals surface area contributed by atoms with Crippen LogP contribution in [-0.2, 0) is 0 Å². The van der Waals surface area contributed by atoms with E-state index in [1.165, 1.54) is 11.3 Å². The van der Waals surface area contributed by atoms with Crippen LogP contribution in [0.4, 0.5) is 5.69 Å². The van der Waals surface area contributed by atoms with Gasteiger partial charge in [-0.3, -0.25) is 0 Å². The molecule has 2 nitrogen and oxygen atoms in total. The molecule has 0 radical (unpaired) electrons. The number of hydrogen-bond acceptors (Lipinski definition) is 2. The van der Waals surface area contributed by atoms with Crippen molar-refractivity contribution in [3.05, 3.63) is 42.1 Å². The summed E-state index contributed by atoms with van der Waals surface area (Å²) in [5, 5.41) is 0. The van der Waals surface area contributed by atoms with Crippen LogP contribution in [0.3, 0.4) is 0 Å². The summed E-state index contributed by atoms with van der Waals surface area (Å²) in [7, 11) is 3.72. The van der Waals surface area contributed by atoms with E-state index in [2.05, 4.69) is 17.0 Å². The molecule has 1 aliphatic rings. The first-order valence-electron chi connectivity index (χ1n) is 4.57. The van der Waals surface area contributed by atoms with Crippen LogP contribution in [0, 0.1) is 0 Å². The van der Waals surface area contributed by atoms with Gasteiger partial charge in [-0.1, -0.05) is 12.2 Å². The maximum atomic E-state index is 5.18. The normalized spacial score (nSPS) is 13.7. The maximum absolute atomic E-state index is 5.18. The molecule has 0 saturated carbocycles. The van der Waals surface area contributed by atoms with Crippen LogP contribution in [0.2, 0.25) is 0 Å². The van der Waals surface area contributed by atoms with Crippen LogP contribution in [0.25, 0.3) is 6.08 Å². The fraction of sp³-hybridized carbons (Fsp3) is 0.167. The first-order chi connectivity index (χ1) is 6.81. The van der Waals surface area contributed by atoms with Crippen LogP contribution in [0.5, 0.6) is 5.75 Å². The molecule has 1 aromatic rings. The molecule has 0 unspecified atom stereocenters. The number of ether oxygens (including phenoxy) is 1. The molecule has 1 heterocycles. The van der Waals surface area contributed by atoms with Gasteiger partial charge in [0.1, 0.15) is 5.75 Å². The van der Waals surface area contributed by atoms with Crippen molar-refractivity contribution in [2.24, 2.45) is 0 Å². The Morgan fingerprint density at radius 3 is 2.86 bits per heavy atom. The van der Waals surface area contributed by atoms with Gasteiger partial charge < -0.3 is 9.64 Å². The smallest absolute Gasteiger partial charge is 0.119 e. The molecule has 0 spiro atoms. The molecule has 0 atom stereocenters. The Kier molecular flexibility index (Phi) is 2.27. The van der Waals surface area contributed by atoms with E-state index in [1.54, 1.807) is 7.11 Å². The molecule has 0 fully saturated rings. The zero-order valence-electron chi connectivity index (χ0n) is 8.40. The minimum absolute atomic E-state index is 0.892. The second kappa shape index (κ2) is 3.58. The van der Waals surface area contributed by atoms with E-state index in [-0.39, 0.29) is 0 Å². The first-order valence-corrected chi connectivity index (χ1v) is 4.57. The van der Waals surface area contributed by atoms with Gasteiger partial charge in [0.2, 0.25) is 0 Å². The summed E-state index contributed by atoms with van der Waals surface area (Å²) in [5.74, 6) is 0.892. The fourth-order valence-electron chi connectivity index (χ4n) is 1.53. The van der Waals surface area contributed by atoms with E-state index in [1.807, 2.05) is 37.5 Å². The van der Waals surface area contributed by atoms with Crippen LogP contribution < -0.4 is 9.64 Å². The largest absolute Gasteiger partial charge is 0.497 e. The highest BCUT2D eigenvalue weighted by Crippen LogP contribution is 2.27. The molecule has 0 N–H and O–H groups in total. The standard InChI is InChI=1S/C12H13NO/c1-13-8-4-3-5-10-9-11(14-2)6-7-12(10)13/h3-9H,1-2H3. The van der Waals surface area contributed by atoms with Gasteiger partial charge in [0.15, 0.2) is 0 Å². The predicted octanol–water partition coefficient (Wildman–Crippen LogP) is 2.67. The summed E-state index contributed by atoms with van der Waals surface area (Å²) in [6.45, 7) is 0. The molecule has 0 aromatic heterocycles. The molecule has 2 heteroatoms. The number of benzene rings is 1. The number of rotatable bonds is 1.